The Labute approximate surface area is 79.6 Å². The molecular formula is C10H17N3. The van der Waals surface area contributed by atoms with Crippen LogP contribution in [0.15, 0.2) is 18.3 Å². The molecule has 0 saturated heterocycles. The van der Waals surface area contributed by atoms with E-state index < -0.39 is 0 Å². The Morgan fingerprint density at radius 2 is 2.23 bits per heavy atom. The fourth-order valence-corrected chi connectivity index (χ4v) is 1.12. The van der Waals surface area contributed by atoms with Gasteiger partial charge in [-0.15, -0.1) is 0 Å². The SMILES string of the molecule is CCNCCNc1ncccc1C. The largest absolute Gasteiger partial charge is 0.369 e. The van der Waals surface area contributed by atoms with Crippen molar-refractivity contribution >= 4 is 5.82 Å². The number of hydrogen-bond acceptors (Lipinski definition) is 3. The topological polar surface area (TPSA) is 37.0 Å². The molecule has 0 amide bonds. The zero-order valence-electron chi connectivity index (χ0n) is 8.30. The highest BCUT2D eigenvalue weighted by atomic mass is 15.0. The lowest BCUT2D eigenvalue weighted by Crippen LogP contribution is -2.22. The predicted octanol–water partition coefficient (Wildman–Crippen LogP) is 1.41. The predicted molar refractivity (Wildman–Crippen MR) is 56.0 cm³/mol. The summed E-state index contributed by atoms with van der Waals surface area (Å²) in [5.74, 6) is 0.986. The van der Waals surface area contributed by atoms with Crippen LogP contribution in [0.1, 0.15) is 12.5 Å². The maximum Gasteiger partial charge on any atom is 0.128 e. The molecule has 0 spiro atoms. The maximum atomic E-state index is 4.24. The molecule has 0 saturated carbocycles. The van der Waals surface area contributed by atoms with Gasteiger partial charge in [0.15, 0.2) is 0 Å². The van der Waals surface area contributed by atoms with E-state index in [1.165, 1.54) is 5.56 Å². The zero-order chi connectivity index (χ0) is 9.52. The van der Waals surface area contributed by atoms with Crippen molar-refractivity contribution in [2.75, 3.05) is 25.0 Å². The third-order valence-electron chi connectivity index (χ3n) is 1.85. The summed E-state index contributed by atoms with van der Waals surface area (Å²) >= 11 is 0. The van der Waals surface area contributed by atoms with E-state index in [1.807, 2.05) is 12.3 Å². The van der Waals surface area contributed by atoms with E-state index in [4.69, 9.17) is 0 Å². The molecule has 0 radical (unpaired) electrons. The number of hydrogen-bond donors (Lipinski definition) is 2. The lowest BCUT2D eigenvalue weighted by atomic mass is 10.3. The molecule has 0 fully saturated rings. The highest BCUT2D eigenvalue weighted by molar-refractivity contribution is 5.42. The molecule has 3 nitrogen and oxygen atoms in total. The molecule has 0 aliphatic carbocycles. The van der Waals surface area contributed by atoms with E-state index in [0.29, 0.717) is 0 Å². The first-order valence-electron chi connectivity index (χ1n) is 4.70. The van der Waals surface area contributed by atoms with Crippen LogP contribution >= 0.6 is 0 Å². The van der Waals surface area contributed by atoms with Gasteiger partial charge in [0.2, 0.25) is 0 Å². The van der Waals surface area contributed by atoms with E-state index in [-0.39, 0.29) is 0 Å². The van der Waals surface area contributed by atoms with E-state index in [1.54, 1.807) is 0 Å². The quantitative estimate of drug-likeness (QED) is 0.671. The summed E-state index contributed by atoms with van der Waals surface area (Å²) in [5, 5.41) is 6.52. The Balaban J connectivity index is 2.32. The second kappa shape index (κ2) is 5.54. The average Bonchev–Trinajstić information content (AvgIpc) is 2.15. The first-order chi connectivity index (χ1) is 6.34. The van der Waals surface area contributed by atoms with Crippen LogP contribution in [0.2, 0.25) is 0 Å². The molecule has 0 aromatic carbocycles. The maximum absolute atomic E-state index is 4.24. The van der Waals surface area contributed by atoms with Crippen LogP contribution in [0.4, 0.5) is 5.82 Å². The van der Waals surface area contributed by atoms with Crippen molar-refractivity contribution < 1.29 is 0 Å². The van der Waals surface area contributed by atoms with Gasteiger partial charge in [-0.3, -0.25) is 0 Å². The van der Waals surface area contributed by atoms with Crippen molar-refractivity contribution in [3.05, 3.63) is 23.9 Å². The lowest BCUT2D eigenvalue weighted by Gasteiger charge is -2.07. The van der Waals surface area contributed by atoms with Gasteiger partial charge in [0, 0.05) is 19.3 Å². The minimum Gasteiger partial charge on any atom is -0.369 e. The van der Waals surface area contributed by atoms with Gasteiger partial charge in [-0.25, -0.2) is 4.98 Å². The molecule has 0 aliphatic rings. The van der Waals surface area contributed by atoms with Gasteiger partial charge in [0.1, 0.15) is 5.82 Å². The van der Waals surface area contributed by atoms with E-state index in [0.717, 1.165) is 25.5 Å². The summed E-state index contributed by atoms with van der Waals surface area (Å²) in [6.45, 7) is 7.08. The summed E-state index contributed by atoms with van der Waals surface area (Å²) in [7, 11) is 0. The Hall–Kier alpha value is -1.09. The van der Waals surface area contributed by atoms with Gasteiger partial charge in [0.25, 0.3) is 0 Å². The Morgan fingerprint density at radius 1 is 1.38 bits per heavy atom. The van der Waals surface area contributed by atoms with Crippen molar-refractivity contribution in [2.45, 2.75) is 13.8 Å². The molecule has 1 heterocycles. The molecule has 1 aromatic rings. The highest BCUT2D eigenvalue weighted by Crippen LogP contribution is 2.07. The normalized spacial score (nSPS) is 10.0. The first kappa shape index (κ1) is 9.99. The molecule has 72 valence electrons. The second-order valence-electron chi connectivity index (χ2n) is 2.95. The zero-order valence-corrected chi connectivity index (χ0v) is 8.30. The monoisotopic (exact) mass is 179 g/mol. The van der Waals surface area contributed by atoms with Crippen molar-refractivity contribution in [3.63, 3.8) is 0 Å². The van der Waals surface area contributed by atoms with Gasteiger partial charge < -0.3 is 10.6 Å². The number of nitrogens with one attached hydrogen (secondary N) is 2. The van der Waals surface area contributed by atoms with Crippen LogP contribution in [-0.2, 0) is 0 Å². The second-order valence-corrected chi connectivity index (χ2v) is 2.95. The van der Waals surface area contributed by atoms with Crippen molar-refractivity contribution in [3.8, 4) is 0 Å². The smallest absolute Gasteiger partial charge is 0.128 e. The molecule has 0 bridgehead atoms. The molecule has 0 atom stereocenters. The molecule has 1 aromatic heterocycles. The van der Waals surface area contributed by atoms with Crippen molar-refractivity contribution in [1.82, 2.24) is 10.3 Å². The molecule has 3 heteroatoms. The number of anilines is 1. The van der Waals surface area contributed by atoms with E-state index in [2.05, 4.69) is 35.5 Å². The Kier molecular flexibility index (Phi) is 4.26. The fourth-order valence-electron chi connectivity index (χ4n) is 1.12. The van der Waals surface area contributed by atoms with E-state index >= 15 is 0 Å². The minimum absolute atomic E-state index is 0.922. The third-order valence-corrected chi connectivity index (χ3v) is 1.85. The van der Waals surface area contributed by atoms with Crippen LogP contribution < -0.4 is 10.6 Å². The lowest BCUT2D eigenvalue weighted by molar-refractivity contribution is 0.737. The van der Waals surface area contributed by atoms with Crippen molar-refractivity contribution in [1.29, 1.82) is 0 Å². The number of nitrogens with zero attached hydrogens (tertiary/aromatic N) is 1. The standard InChI is InChI=1S/C10H17N3/c1-3-11-7-8-13-10-9(2)5-4-6-12-10/h4-6,11H,3,7-8H2,1-2H3,(H,12,13). The Morgan fingerprint density at radius 3 is 2.92 bits per heavy atom. The van der Waals surface area contributed by atoms with Gasteiger partial charge in [0.05, 0.1) is 0 Å². The Bertz CT molecular complexity index is 248. The van der Waals surface area contributed by atoms with Crippen LogP contribution in [0.3, 0.4) is 0 Å². The minimum atomic E-state index is 0.922. The molecule has 13 heavy (non-hydrogen) atoms. The first-order valence-corrected chi connectivity index (χ1v) is 4.70. The average molecular weight is 179 g/mol. The van der Waals surface area contributed by atoms with Crippen LogP contribution in [0, 0.1) is 6.92 Å². The summed E-state index contributed by atoms with van der Waals surface area (Å²) in [5.41, 5.74) is 1.19. The van der Waals surface area contributed by atoms with Crippen LogP contribution in [0.25, 0.3) is 0 Å². The number of aromatic nitrogens is 1. The molecule has 0 aliphatic heterocycles. The molecule has 1 rings (SSSR count). The van der Waals surface area contributed by atoms with Crippen LogP contribution in [-0.4, -0.2) is 24.6 Å². The number of aryl methyl sites for hydroxylation is 1. The van der Waals surface area contributed by atoms with Gasteiger partial charge >= 0.3 is 0 Å². The fraction of sp³-hybridized carbons (Fsp3) is 0.500. The highest BCUT2D eigenvalue weighted by Gasteiger charge is 1.95. The summed E-state index contributed by atoms with van der Waals surface area (Å²) < 4.78 is 0. The van der Waals surface area contributed by atoms with Crippen molar-refractivity contribution in [2.24, 2.45) is 0 Å². The third kappa shape index (κ3) is 3.42. The van der Waals surface area contributed by atoms with Gasteiger partial charge in [-0.05, 0) is 25.1 Å². The molecule has 2 N–H and O–H groups in total. The summed E-state index contributed by atoms with van der Waals surface area (Å²) in [4.78, 5) is 4.24. The summed E-state index contributed by atoms with van der Waals surface area (Å²) in [6.07, 6.45) is 1.81. The molecular weight excluding hydrogens is 162 g/mol. The molecule has 0 unspecified atom stereocenters. The van der Waals surface area contributed by atoms with Crippen LogP contribution in [0.5, 0.6) is 0 Å². The number of pyridine rings is 1. The summed E-state index contributed by atoms with van der Waals surface area (Å²) in [6, 6.07) is 4.01. The van der Waals surface area contributed by atoms with E-state index in [9.17, 15) is 0 Å². The van der Waals surface area contributed by atoms with Gasteiger partial charge in [-0.1, -0.05) is 13.0 Å². The van der Waals surface area contributed by atoms with Gasteiger partial charge in [-0.2, -0.15) is 0 Å². The number of likely N-dealkylation sites (N-methyl/N-ethyl adjacent to an activating group) is 1. The number of rotatable bonds is 5.